The van der Waals surface area contributed by atoms with Crippen LogP contribution in [0.1, 0.15) is 5.56 Å². The lowest BCUT2D eigenvalue weighted by atomic mass is 9.96. The maximum absolute atomic E-state index is 14.1. The van der Waals surface area contributed by atoms with E-state index >= 15 is 0 Å². The van der Waals surface area contributed by atoms with Gasteiger partial charge >= 0.3 is 0 Å². The summed E-state index contributed by atoms with van der Waals surface area (Å²) in [4.78, 5) is 0. The van der Waals surface area contributed by atoms with Crippen molar-refractivity contribution < 1.29 is 8.96 Å². The molecule has 0 N–H and O–H groups in total. The Kier molecular flexibility index (Phi) is 2.82. The molecule has 0 bridgehead atoms. The van der Waals surface area contributed by atoms with Crippen molar-refractivity contribution in [2.24, 2.45) is 7.05 Å². The predicted molar refractivity (Wildman–Crippen MR) is 122 cm³/mol. The Morgan fingerprint density at radius 1 is 0.767 bits per heavy atom. The van der Waals surface area contributed by atoms with Crippen LogP contribution in [-0.4, -0.2) is 4.40 Å². The SMILES string of the molecule is Cc1ccc2c3ccccc3n3c4cc5cc(F)ccc5c5cc[n+](C)c(c1c23)c54. The van der Waals surface area contributed by atoms with E-state index in [1.165, 1.54) is 43.7 Å². The second-order valence-electron chi connectivity index (χ2n) is 8.33. The molecule has 30 heavy (non-hydrogen) atoms. The summed E-state index contributed by atoms with van der Waals surface area (Å²) in [7, 11) is 2.12. The van der Waals surface area contributed by atoms with Crippen molar-refractivity contribution in [3.63, 3.8) is 0 Å². The molecule has 142 valence electrons. The molecule has 0 aliphatic rings. The molecular weight excluding hydrogens is 371 g/mol. The topological polar surface area (TPSA) is 8.29 Å². The first-order valence-corrected chi connectivity index (χ1v) is 10.2. The zero-order valence-electron chi connectivity index (χ0n) is 16.7. The Bertz CT molecular complexity index is 1820. The average Bonchev–Trinajstić information content (AvgIpc) is 3.08. The molecule has 0 saturated carbocycles. The highest BCUT2D eigenvalue weighted by Crippen LogP contribution is 2.42. The number of halogens is 1. The zero-order valence-corrected chi connectivity index (χ0v) is 16.7. The van der Waals surface area contributed by atoms with E-state index in [1.54, 1.807) is 12.1 Å². The van der Waals surface area contributed by atoms with E-state index in [1.807, 2.05) is 6.07 Å². The molecule has 3 aromatic heterocycles. The lowest BCUT2D eigenvalue weighted by Crippen LogP contribution is -2.29. The Balaban J connectivity index is 1.98. The van der Waals surface area contributed by atoms with Gasteiger partial charge in [0.25, 0.3) is 0 Å². The number of nitrogens with zero attached hydrogens (tertiary/aromatic N) is 2. The van der Waals surface area contributed by atoms with Crippen LogP contribution in [0.25, 0.3) is 59.8 Å². The van der Waals surface area contributed by atoms with E-state index in [9.17, 15) is 4.39 Å². The second kappa shape index (κ2) is 5.25. The number of pyridine rings is 2. The average molecular weight is 389 g/mol. The summed E-state index contributed by atoms with van der Waals surface area (Å²) >= 11 is 0. The summed E-state index contributed by atoms with van der Waals surface area (Å²) in [5.74, 6) is -0.203. The number of hydrogen-bond acceptors (Lipinski definition) is 0. The molecule has 0 amide bonds. The van der Waals surface area contributed by atoms with Gasteiger partial charge in [-0.3, -0.25) is 0 Å². The van der Waals surface area contributed by atoms with Crippen molar-refractivity contribution in [3.05, 3.63) is 84.3 Å². The van der Waals surface area contributed by atoms with Crippen LogP contribution in [0.4, 0.5) is 4.39 Å². The van der Waals surface area contributed by atoms with Crippen molar-refractivity contribution in [2.75, 3.05) is 0 Å². The smallest absolute Gasteiger partial charge is 0.224 e. The first-order chi connectivity index (χ1) is 14.6. The molecule has 7 aromatic rings. The summed E-state index contributed by atoms with van der Waals surface area (Å²) < 4.78 is 18.7. The van der Waals surface area contributed by atoms with Crippen molar-refractivity contribution in [2.45, 2.75) is 6.92 Å². The molecule has 2 nitrogen and oxygen atoms in total. The third-order valence-electron chi connectivity index (χ3n) is 6.70. The third-order valence-corrected chi connectivity index (χ3v) is 6.70. The Hall–Kier alpha value is -3.72. The minimum absolute atomic E-state index is 0.203. The van der Waals surface area contributed by atoms with E-state index in [-0.39, 0.29) is 5.82 Å². The van der Waals surface area contributed by atoms with Gasteiger partial charge in [-0.25, -0.2) is 8.96 Å². The standard InChI is InChI=1S/C27H18FN2/c1-15-7-9-21-19-5-3-4-6-22(19)30-23-14-16-13-17(28)8-10-18(16)20-11-12-29(2)27(25(20)23)24(15)26(21)30/h3-14H,1-2H3/q+1. The van der Waals surface area contributed by atoms with E-state index in [0.29, 0.717) is 0 Å². The van der Waals surface area contributed by atoms with Crippen molar-refractivity contribution in [1.29, 1.82) is 0 Å². The summed E-state index contributed by atoms with van der Waals surface area (Å²) in [6.45, 7) is 2.19. The fourth-order valence-electron chi connectivity index (χ4n) is 5.43. The van der Waals surface area contributed by atoms with Gasteiger partial charge in [0.2, 0.25) is 5.52 Å². The van der Waals surface area contributed by atoms with Crippen molar-refractivity contribution >= 4 is 59.8 Å². The van der Waals surface area contributed by atoms with E-state index in [0.717, 1.165) is 21.7 Å². The second-order valence-corrected chi connectivity index (χ2v) is 8.33. The molecule has 7 rings (SSSR count). The van der Waals surface area contributed by atoms with Gasteiger partial charge in [0, 0.05) is 22.2 Å². The normalized spacial score (nSPS) is 12.5. The molecule has 4 aromatic carbocycles. The number of hydrogen-bond donors (Lipinski definition) is 0. The highest BCUT2D eigenvalue weighted by Gasteiger charge is 2.24. The van der Waals surface area contributed by atoms with Crippen LogP contribution in [0.5, 0.6) is 0 Å². The molecule has 0 aliphatic carbocycles. The Morgan fingerprint density at radius 2 is 1.60 bits per heavy atom. The van der Waals surface area contributed by atoms with E-state index in [4.69, 9.17) is 0 Å². The Morgan fingerprint density at radius 3 is 2.50 bits per heavy atom. The lowest BCUT2D eigenvalue weighted by molar-refractivity contribution is -0.643. The number of rotatable bonds is 0. The molecule has 0 aliphatic heterocycles. The quantitative estimate of drug-likeness (QED) is 0.161. The predicted octanol–water partition coefficient (Wildman–Crippen LogP) is 6.42. The van der Waals surface area contributed by atoms with Gasteiger partial charge in [0.15, 0.2) is 6.20 Å². The summed E-state index contributed by atoms with van der Waals surface area (Å²) in [6.07, 6.45) is 2.13. The van der Waals surface area contributed by atoms with Gasteiger partial charge in [0.05, 0.1) is 27.3 Å². The number of aromatic nitrogens is 2. The van der Waals surface area contributed by atoms with Gasteiger partial charge in [-0.1, -0.05) is 36.4 Å². The van der Waals surface area contributed by atoms with Crippen LogP contribution in [0, 0.1) is 12.7 Å². The van der Waals surface area contributed by atoms with Crippen LogP contribution in [0.15, 0.2) is 72.9 Å². The fourth-order valence-corrected chi connectivity index (χ4v) is 5.43. The number of para-hydroxylation sites is 1. The maximum atomic E-state index is 14.1. The summed E-state index contributed by atoms with van der Waals surface area (Å²) in [5, 5.41) is 8.19. The van der Waals surface area contributed by atoms with Crippen molar-refractivity contribution in [3.8, 4) is 0 Å². The van der Waals surface area contributed by atoms with Gasteiger partial charge in [-0.15, -0.1) is 0 Å². The first-order valence-electron chi connectivity index (χ1n) is 10.2. The molecule has 0 spiro atoms. The maximum Gasteiger partial charge on any atom is 0.224 e. The molecule has 0 fully saturated rings. The number of fused-ring (bicyclic) bond motifs is 7. The first kappa shape index (κ1) is 16.1. The monoisotopic (exact) mass is 389 g/mol. The Labute approximate surface area is 171 Å². The van der Waals surface area contributed by atoms with Crippen LogP contribution in [0.2, 0.25) is 0 Å². The van der Waals surface area contributed by atoms with Gasteiger partial charge in [0.1, 0.15) is 12.9 Å². The van der Waals surface area contributed by atoms with Gasteiger partial charge in [-0.2, -0.15) is 0 Å². The molecule has 3 heteroatoms. The van der Waals surface area contributed by atoms with E-state index < -0.39 is 0 Å². The van der Waals surface area contributed by atoms with Gasteiger partial charge < -0.3 is 4.40 Å². The third kappa shape index (κ3) is 1.77. The molecule has 0 unspecified atom stereocenters. The molecule has 3 heterocycles. The number of benzene rings is 4. The fraction of sp³-hybridized carbons (Fsp3) is 0.0741. The zero-order chi connectivity index (χ0) is 20.1. The molecule has 0 saturated heterocycles. The van der Waals surface area contributed by atoms with Crippen LogP contribution < -0.4 is 4.57 Å². The summed E-state index contributed by atoms with van der Waals surface area (Å²) in [5.41, 5.74) is 6.04. The minimum atomic E-state index is -0.203. The summed E-state index contributed by atoms with van der Waals surface area (Å²) in [6, 6.07) is 22.5. The highest BCUT2D eigenvalue weighted by atomic mass is 19.1. The van der Waals surface area contributed by atoms with Crippen LogP contribution in [-0.2, 0) is 7.05 Å². The van der Waals surface area contributed by atoms with Gasteiger partial charge in [-0.05, 0) is 47.5 Å². The molecule has 0 atom stereocenters. The largest absolute Gasteiger partial charge is 0.307 e. The van der Waals surface area contributed by atoms with Crippen molar-refractivity contribution in [1.82, 2.24) is 4.40 Å². The molecular formula is C27H18FN2+. The van der Waals surface area contributed by atoms with E-state index in [2.05, 4.69) is 77.7 Å². The highest BCUT2D eigenvalue weighted by molar-refractivity contribution is 6.29. The molecule has 0 radical (unpaired) electrons. The van der Waals surface area contributed by atoms with Crippen LogP contribution >= 0.6 is 0 Å². The lowest BCUT2D eigenvalue weighted by Gasteiger charge is -2.14. The number of aryl methyl sites for hydroxylation is 2. The van der Waals surface area contributed by atoms with Crippen LogP contribution in [0.3, 0.4) is 0 Å². The minimum Gasteiger partial charge on any atom is -0.307 e.